The summed E-state index contributed by atoms with van der Waals surface area (Å²) in [6.07, 6.45) is -0.965. The Hall–Kier alpha value is -2.10. The van der Waals surface area contributed by atoms with Gasteiger partial charge in [0.05, 0.1) is 36.9 Å². The third kappa shape index (κ3) is 3.15. The zero-order chi connectivity index (χ0) is 14.8. The van der Waals surface area contributed by atoms with Gasteiger partial charge in [-0.1, -0.05) is 12.1 Å². The number of carboxylic acid groups (broad SMARTS) is 1. The number of hydrogen-bond donors (Lipinski definition) is 1. The molecule has 2 fully saturated rings. The number of fused-ring (bicyclic) bond motifs is 2. The van der Waals surface area contributed by atoms with Crippen LogP contribution in [0.25, 0.3) is 0 Å². The maximum Gasteiger partial charge on any atom is 0.407 e. The number of hydrogen-bond acceptors (Lipinski definition) is 4. The minimum absolute atomic E-state index is 0.0491. The Balaban J connectivity index is 1.61. The van der Waals surface area contributed by atoms with Crippen molar-refractivity contribution in [2.45, 2.75) is 18.8 Å². The SMILES string of the molecule is N#Cc1ccc(CN2CC3CN(C(=O)O)CC(C2)O3)cc1. The molecule has 6 heteroatoms. The second-order valence-corrected chi connectivity index (χ2v) is 5.57. The number of nitrogens with zero attached hydrogens (tertiary/aromatic N) is 3. The van der Waals surface area contributed by atoms with Crippen molar-refractivity contribution in [3.05, 3.63) is 35.4 Å². The van der Waals surface area contributed by atoms with Gasteiger partial charge in [-0.05, 0) is 17.7 Å². The molecule has 110 valence electrons. The maximum atomic E-state index is 11.0. The van der Waals surface area contributed by atoms with Crippen molar-refractivity contribution in [3.8, 4) is 6.07 Å². The number of morpholine rings is 2. The minimum Gasteiger partial charge on any atom is -0.465 e. The first-order chi connectivity index (χ1) is 10.1. The predicted molar refractivity (Wildman–Crippen MR) is 74.7 cm³/mol. The van der Waals surface area contributed by atoms with E-state index in [9.17, 15) is 4.79 Å². The Kier molecular flexibility index (Phi) is 3.78. The predicted octanol–water partition coefficient (Wildman–Crippen LogP) is 1.12. The lowest BCUT2D eigenvalue weighted by molar-refractivity contribution is -0.133. The van der Waals surface area contributed by atoms with Gasteiger partial charge < -0.3 is 14.7 Å². The summed E-state index contributed by atoms with van der Waals surface area (Å²) in [6, 6.07) is 9.69. The number of ether oxygens (including phenoxy) is 1. The fraction of sp³-hybridized carbons (Fsp3) is 0.467. The highest BCUT2D eigenvalue weighted by molar-refractivity contribution is 5.65. The number of benzene rings is 1. The Bertz CT molecular complexity index is 553. The second-order valence-electron chi connectivity index (χ2n) is 5.57. The Morgan fingerprint density at radius 3 is 2.38 bits per heavy atom. The molecule has 6 nitrogen and oxygen atoms in total. The van der Waals surface area contributed by atoms with Crippen molar-refractivity contribution in [1.29, 1.82) is 5.26 Å². The molecule has 0 radical (unpaired) electrons. The molecule has 2 heterocycles. The van der Waals surface area contributed by atoms with Crippen LogP contribution < -0.4 is 0 Å². The molecule has 0 spiro atoms. The molecule has 2 aliphatic rings. The lowest BCUT2D eigenvalue weighted by atomic mass is 10.1. The first-order valence-corrected chi connectivity index (χ1v) is 6.99. The highest BCUT2D eigenvalue weighted by atomic mass is 16.5. The number of nitriles is 1. The maximum absolute atomic E-state index is 11.0. The minimum atomic E-state index is -0.867. The Morgan fingerprint density at radius 2 is 1.86 bits per heavy atom. The van der Waals surface area contributed by atoms with E-state index in [0.717, 1.165) is 25.2 Å². The van der Waals surface area contributed by atoms with E-state index in [1.54, 1.807) is 0 Å². The molecule has 0 aliphatic carbocycles. The van der Waals surface area contributed by atoms with Gasteiger partial charge in [0.25, 0.3) is 0 Å². The molecule has 1 aromatic carbocycles. The Labute approximate surface area is 123 Å². The van der Waals surface area contributed by atoms with Crippen molar-refractivity contribution in [2.75, 3.05) is 26.2 Å². The van der Waals surface area contributed by atoms with E-state index in [-0.39, 0.29) is 12.2 Å². The van der Waals surface area contributed by atoms with Crippen LogP contribution in [0.2, 0.25) is 0 Å². The molecule has 1 amide bonds. The summed E-state index contributed by atoms with van der Waals surface area (Å²) in [5.74, 6) is 0. The molecule has 3 rings (SSSR count). The summed E-state index contributed by atoms with van der Waals surface area (Å²) in [7, 11) is 0. The average molecular weight is 287 g/mol. The molecule has 1 aromatic rings. The van der Waals surface area contributed by atoms with Crippen LogP contribution in [0.15, 0.2) is 24.3 Å². The normalized spacial score (nSPS) is 25.4. The Morgan fingerprint density at radius 1 is 1.24 bits per heavy atom. The fourth-order valence-electron chi connectivity index (χ4n) is 3.00. The highest BCUT2D eigenvalue weighted by Gasteiger charge is 2.36. The van der Waals surface area contributed by atoms with Crippen LogP contribution in [-0.2, 0) is 11.3 Å². The van der Waals surface area contributed by atoms with E-state index in [2.05, 4.69) is 11.0 Å². The van der Waals surface area contributed by atoms with Crippen LogP contribution in [-0.4, -0.2) is 59.4 Å². The smallest absolute Gasteiger partial charge is 0.407 e. The summed E-state index contributed by atoms with van der Waals surface area (Å²) in [4.78, 5) is 14.8. The van der Waals surface area contributed by atoms with Crippen LogP contribution in [0.5, 0.6) is 0 Å². The molecular weight excluding hydrogens is 270 g/mol. The number of carbonyl (C=O) groups is 1. The molecule has 2 saturated heterocycles. The van der Waals surface area contributed by atoms with Crippen LogP contribution in [0, 0.1) is 11.3 Å². The molecule has 2 unspecified atom stereocenters. The van der Waals surface area contributed by atoms with Crippen molar-refractivity contribution in [1.82, 2.24) is 9.80 Å². The first-order valence-electron chi connectivity index (χ1n) is 6.99. The van der Waals surface area contributed by atoms with Crippen molar-refractivity contribution in [3.63, 3.8) is 0 Å². The van der Waals surface area contributed by atoms with Gasteiger partial charge in [-0.25, -0.2) is 4.79 Å². The zero-order valence-corrected chi connectivity index (χ0v) is 11.6. The summed E-state index contributed by atoms with van der Waals surface area (Å²) < 4.78 is 5.82. The summed E-state index contributed by atoms with van der Waals surface area (Å²) in [5, 5.41) is 17.9. The average Bonchev–Trinajstić information content (AvgIpc) is 2.47. The lowest BCUT2D eigenvalue weighted by Gasteiger charge is -2.45. The van der Waals surface area contributed by atoms with Crippen molar-refractivity contribution >= 4 is 6.09 Å². The largest absolute Gasteiger partial charge is 0.465 e. The van der Waals surface area contributed by atoms with Crippen LogP contribution in [0.4, 0.5) is 4.79 Å². The van der Waals surface area contributed by atoms with Crippen LogP contribution >= 0.6 is 0 Å². The van der Waals surface area contributed by atoms with Crippen molar-refractivity contribution in [2.24, 2.45) is 0 Å². The molecule has 0 aromatic heterocycles. The summed E-state index contributed by atoms with van der Waals surface area (Å²) in [5.41, 5.74) is 1.82. The molecule has 2 aliphatic heterocycles. The van der Waals surface area contributed by atoms with E-state index in [1.807, 2.05) is 24.3 Å². The topological polar surface area (TPSA) is 76.8 Å². The zero-order valence-electron chi connectivity index (χ0n) is 11.6. The van der Waals surface area contributed by atoms with E-state index in [1.165, 1.54) is 4.90 Å². The van der Waals surface area contributed by atoms with Gasteiger partial charge in [0.15, 0.2) is 0 Å². The van der Waals surface area contributed by atoms with E-state index < -0.39 is 6.09 Å². The van der Waals surface area contributed by atoms with E-state index in [0.29, 0.717) is 18.7 Å². The fourth-order valence-corrected chi connectivity index (χ4v) is 3.00. The highest BCUT2D eigenvalue weighted by Crippen LogP contribution is 2.21. The molecule has 1 N–H and O–H groups in total. The molecule has 2 bridgehead atoms. The third-order valence-electron chi connectivity index (χ3n) is 3.92. The van der Waals surface area contributed by atoms with E-state index >= 15 is 0 Å². The third-order valence-corrected chi connectivity index (χ3v) is 3.92. The molecule has 0 saturated carbocycles. The molecular formula is C15H17N3O3. The van der Waals surface area contributed by atoms with Crippen molar-refractivity contribution < 1.29 is 14.6 Å². The number of amides is 1. The summed E-state index contributed by atoms with van der Waals surface area (Å²) in [6.45, 7) is 3.15. The number of rotatable bonds is 2. The van der Waals surface area contributed by atoms with Gasteiger partial charge in [-0.2, -0.15) is 5.26 Å². The quantitative estimate of drug-likeness (QED) is 0.882. The lowest BCUT2D eigenvalue weighted by Crippen LogP contribution is -2.60. The molecule has 21 heavy (non-hydrogen) atoms. The standard InChI is InChI=1S/C15H17N3O3/c16-5-11-1-3-12(4-2-11)6-17-7-13-9-18(15(19)20)10-14(8-17)21-13/h1-4,13-14H,6-10H2,(H,19,20). The van der Waals surface area contributed by atoms with Crippen LogP contribution in [0.3, 0.4) is 0 Å². The van der Waals surface area contributed by atoms with Gasteiger partial charge in [0.1, 0.15) is 0 Å². The van der Waals surface area contributed by atoms with Gasteiger partial charge in [0, 0.05) is 19.6 Å². The monoisotopic (exact) mass is 287 g/mol. The first kappa shape index (κ1) is 13.9. The second kappa shape index (κ2) is 5.72. The van der Waals surface area contributed by atoms with E-state index in [4.69, 9.17) is 15.1 Å². The van der Waals surface area contributed by atoms with Gasteiger partial charge in [0.2, 0.25) is 0 Å². The van der Waals surface area contributed by atoms with Gasteiger partial charge in [-0.15, -0.1) is 0 Å². The molecule has 2 atom stereocenters. The van der Waals surface area contributed by atoms with Gasteiger partial charge in [-0.3, -0.25) is 4.90 Å². The summed E-state index contributed by atoms with van der Waals surface area (Å²) >= 11 is 0. The van der Waals surface area contributed by atoms with Crippen LogP contribution in [0.1, 0.15) is 11.1 Å². The van der Waals surface area contributed by atoms with Gasteiger partial charge >= 0.3 is 6.09 Å².